The zero-order valence-electron chi connectivity index (χ0n) is 7.08. The number of carbonyl (C=O) groups excluding carboxylic acids is 1. The maximum absolute atomic E-state index is 10.5. The Hall–Kier alpha value is 0.290. The molecule has 0 aromatic heterocycles. The van der Waals surface area contributed by atoms with Gasteiger partial charge in [-0.1, -0.05) is 6.07 Å². The maximum atomic E-state index is 10.5. The molecule has 0 atom stereocenters. The van der Waals surface area contributed by atoms with Gasteiger partial charge in [-0.15, -0.1) is 0 Å². The Bertz CT molecular complexity index is 309. The van der Waals surface area contributed by atoms with E-state index in [4.69, 9.17) is 0 Å². The van der Waals surface area contributed by atoms with E-state index in [-0.39, 0.29) is 9.16 Å². The summed E-state index contributed by atoms with van der Waals surface area (Å²) in [5.74, 6) is 0. The van der Waals surface area contributed by atoms with Crippen LogP contribution < -0.4 is 0 Å². The minimum Gasteiger partial charge on any atom is -0.285 e. The van der Waals surface area contributed by atoms with E-state index in [0.717, 1.165) is 11.1 Å². The summed E-state index contributed by atoms with van der Waals surface area (Å²) in [5, 5.41) is 0. The van der Waals surface area contributed by atoms with Gasteiger partial charge in [0.05, 0.1) is 9.16 Å². The van der Waals surface area contributed by atoms with Crippen molar-refractivity contribution in [1.82, 2.24) is 0 Å². The molecular formula is C9H9OS4. The molecule has 14 heavy (non-hydrogen) atoms. The van der Waals surface area contributed by atoms with Crippen LogP contribution in [0, 0.1) is 0 Å². The fourth-order valence-corrected chi connectivity index (χ4v) is 1.63. The third-order valence-electron chi connectivity index (χ3n) is 1.69. The van der Waals surface area contributed by atoms with E-state index < -0.39 is 0 Å². The molecule has 0 aliphatic heterocycles. The molecule has 0 fully saturated rings. The molecule has 0 bridgehead atoms. The molecule has 75 valence electrons. The van der Waals surface area contributed by atoms with Gasteiger partial charge in [-0.2, -0.15) is 50.5 Å². The highest BCUT2D eigenvalue weighted by molar-refractivity contribution is 7.98. The van der Waals surface area contributed by atoms with Gasteiger partial charge in [0, 0.05) is 5.56 Å². The second kappa shape index (κ2) is 5.39. The van der Waals surface area contributed by atoms with Gasteiger partial charge in [-0.3, -0.25) is 4.79 Å². The lowest BCUT2D eigenvalue weighted by Gasteiger charge is -2.10. The van der Waals surface area contributed by atoms with Crippen LogP contribution >= 0.6 is 50.5 Å². The molecule has 0 unspecified atom stereocenters. The summed E-state index contributed by atoms with van der Waals surface area (Å²) in [4.78, 5) is 10.5. The zero-order valence-corrected chi connectivity index (χ0v) is 10.7. The fourth-order valence-electron chi connectivity index (χ4n) is 1.03. The van der Waals surface area contributed by atoms with E-state index in [9.17, 15) is 4.79 Å². The molecule has 0 heterocycles. The molecule has 0 saturated heterocycles. The zero-order chi connectivity index (χ0) is 10.7. The molecule has 1 aromatic rings. The Morgan fingerprint density at radius 1 is 0.929 bits per heavy atom. The van der Waals surface area contributed by atoms with Crippen molar-refractivity contribution in [3.05, 3.63) is 34.9 Å². The molecule has 0 saturated carbocycles. The summed E-state index contributed by atoms with van der Waals surface area (Å²) in [5.41, 5.74) is 2.17. The molecule has 0 aliphatic rings. The van der Waals surface area contributed by atoms with Crippen molar-refractivity contribution in [2.45, 2.75) is 9.16 Å². The maximum Gasteiger partial charge on any atom is 0.233 e. The monoisotopic (exact) mass is 261 g/mol. The average molecular weight is 261 g/mol. The number of benzene rings is 1. The molecule has 1 rings (SSSR count). The third kappa shape index (κ3) is 3.15. The second-order valence-corrected chi connectivity index (χ2v) is 5.62. The Morgan fingerprint density at radius 2 is 1.36 bits per heavy atom. The van der Waals surface area contributed by atoms with Gasteiger partial charge in [0.2, 0.25) is 6.29 Å². The standard InChI is InChI=1S/C9H9OS4/c10-4-5-1-6(8(11)12)3-7(2-5)9(13)14/h1-3,8-9,11-14H. The van der Waals surface area contributed by atoms with Crippen molar-refractivity contribution < 1.29 is 4.79 Å². The summed E-state index contributed by atoms with van der Waals surface area (Å²) in [6.07, 6.45) is 1.83. The Balaban J connectivity index is 3.20. The summed E-state index contributed by atoms with van der Waals surface area (Å²) in [7, 11) is 0. The van der Waals surface area contributed by atoms with Crippen LogP contribution in [0.15, 0.2) is 18.2 Å². The first-order valence-electron chi connectivity index (χ1n) is 3.80. The van der Waals surface area contributed by atoms with Crippen molar-refractivity contribution in [3.8, 4) is 0 Å². The Kier molecular flexibility index (Phi) is 4.76. The van der Waals surface area contributed by atoms with Gasteiger partial charge >= 0.3 is 0 Å². The van der Waals surface area contributed by atoms with E-state index in [1.807, 2.05) is 12.4 Å². The van der Waals surface area contributed by atoms with Gasteiger partial charge in [-0.05, 0) is 23.3 Å². The van der Waals surface area contributed by atoms with Crippen LogP contribution in [0.25, 0.3) is 0 Å². The van der Waals surface area contributed by atoms with E-state index in [1.165, 1.54) is 0 Å². The lowest BCUT2D eigenvalue weighted by molar-refractivity contribution is 0.562. The first-order chi connectivity index (χ1) is 6.54. The number of hydrogen-bond donors (Lipinski definition) is 4. The molecule has 0 amide bonds. The van der Waals surface area contributed by atoms with Crippen molar-refractivity contribution in [2.24, 2.45) is 0 Å². The van der Waals surface area contributed by atoms with Crippen LogP contribution in [0.4, 0.5) is 0 Å². The minimum absolute atomic E-state index is 0.220. The van der Waals surface area contributed by atoms with Crippen LogP contribution in [-0.2, 0) is 4.79 Å². The van der Waals surface area contributed by atoms with Crippen LogP contribution in [0.2, 0.25) is 0 Å². The topological polar surface area (TPSA) is 17.1 Å². The molecular weight excluding hydrogens is 252 g/mol. The third-order valence-corrected chi connectivity index (χ3v) is 2.88. The first-order valence-corrected chi connectivity index (χ1v) is 5.86. The number of rotatable bonds is 3. The second-order valence-electron chi connectivity index (χ2n) is 2.74. The van der Waals surface area contributed by atoms with E-state index >= 15 is 0 Å². The van der Waals surface area contributed by atoms with E-state index in [2.05, 4.69) is 50.5 Å². The van der Waals surface area contributed by atoms with Crippen molar-refractivity contribution in [3.63, 3.8) is 0 Å². The molecule has 1 nitrogen and oxygen atoms in total. The van der Waals surface area contributed by atoms with Crippen LogP contribution in [-0.4, -0.2) is 6.29 Å². The van der Waals surface area contributed by atoms with Gasteiger partial charge in [0.1, 0.15) is 0 Å². The molecule has 1 radical (unpaired) electrons. The minimum atomic E-state index is -0.220. The van der Waals surface area contributed by atoms with Gasteiger partial charge < -0.3 is 0 Å². The lowest BCUT2D eigenvalue weighted by Crippen LogP contribution is -1.92. The average Bonchev–Trinajstić information content (AvgIpc) is 2.16. The largest absolute Gasteiger partial charge is 0.285 e. The van der Waals surface area contributed by atoms with Crippen LogP contribution in [0.5, 0.6) is 0 Å². The smallest absolute Gasteiger partial charge is 0.233 e. The predicted octanol–water partition coefficient (Wildman–Crippen LogP) is 2.86. The summed E-state index contributed by atoms with van der Waals surface area (Å²) >= 11 is 16.7. The molecule has 0 aliphatic carbocycles. The Morgan fingerprint density at radius 3 is 1.64 bits per heavy atom. The van der Waals surface area contributed by atoms with Crippen LogP contribution in [0.3, 0.4) is 0 Å². The van der Waals surface area contributed by atoms with E-state index in [1.54, 1.807) is 12.1 Å². The highest BCUT2D eigenvalue weighted by Crippen LogP contribution is 2.30. The van der Waals surface area contributed by atoms with Crippen molar-refractivity contribution >= 4 is 56.8 Å². The van der Waals surface area contributed by atoms with Crippen molar-refractivity contribution in [1.29, 1.82) is 0 Å². The molecule has 0 N–H and O–H groups in total. The van der Waals surface area contributed by atoms with E-state index in [0.29, 0.717) is 5.56 Å². The van der Waals surface area contributed by atoms with Gasteiger partial charge in [0.15, 0.2) is 0 Å². The number of thiol groups is 4. The predicted molar refractivity (Wildman–Crippen MR) is 72.7 cm³/mol. The summed E-state index contributed by atoms with van der Waals surface area (Å²) < 4.78 is -0.440. The normalized spacial score (nSPS) is 11.0. The summed E-state index contributed by atoms with van der Waals surface area (Å²) in [6.45, 7) is 0. The quantitative estimate of drug-likeness (QED) is 0.486. The van der Waals surface area contributed by atoms with Gasteiger partial charge in [-0.25, -0.2) is 0 Å². The first kappa shape index (κ1) is 12.4. The molecule has 0 spiro atoms. The highest BCUT2D eigenvalue weighted by Gasteiger charge is 2.08. The highest BCUT2D eigenvalue weighted by atomic mass is 32.2. The SMILES string of the molecule is O=[C]c1cc(C(S)S)cc(C(S)S)c1. The van der Waals surface area contributed by atoms with Crippen LogP contribution in [0.1, 0.15) is 25.9 Å². The van der Waals surface area contributed by atoms with Gasteiger partial charge in [0.25, 0.3) is 0 Å². The van der Waals surface area contributed by atoms with Crippen molar-refractivity contribution in [2.75, 3.05) is 0 Å². The Labute approximate surface area is 105 Å². The molecule has 5 heteroatoms. The molecule has 1 aromatic carbocycles. The summed E-state index contributed by atoms with van der Waals surface area (Å²) in [6, 6.07) is 5.27. The lowest BCUT2D eigenvalue weighted by atomic mass is 10.1. The number of hydrogen-bond acceptors (Lipinski definition) is 5. The fraction of sp³-hybridized carbons (Fsp3) is 0.222.